The lowest BCUT2D eigenvalue weighted by atomic mass is 10.1. The van der Waals surface area contributed by atoms with Crippen molar-refractivity contribution in [3.05, 3.63) is 52.2 Å². The third kappa shape index (κ3) is 5.54. The minimum atomic E-state index is -4.73. The van der Waals surface area contributed by atoms with E-state index in [1.807, 2.05) is 11.9 Å². The fourth-order valence-electron chi connectivity index (χ4n) is 4.53. The standard InChI is InChI=1S/C24H25ClF5N5O3/c1-13-8-14(24(28,29)30)9-19(31-13)35-18(12-34(23(35)37)11-15-10-32(2)6-7-38-15)22(36)33(3)17-5-4-16(26)20(25)21(17)27/h4-5,8-9,15,18H,6-7,10-12H2,1-3H3/t15?,18-/m0/s1. The number of aromatic nitrogens is 1. The molecule has 2 aromatic rings. The molecule has 3 amide bonds. The summed E-state index contributed by atoms with van der Waals surface area (Å²) in [5, 5.41) is -0.822. The van der Waals surface area contributed by atoms with Gasteiger partial charge in [-0.3, -0.25) is 9.69 Å². The van der Waals surface area contributed by atoms with Crippen LogP contribution in [0, 0.1) is 18.6 Å². The lowest BCUT2D eigenvalue weighted by Gasteiger charge is -2.32. The van der Waals surface area contributed by atoms with Gasteiger partial charge in [-0.2, -0.15) is 13.2 Å². The summed E-state index contributed by atoms with van der Waals surface area (Å²) in [6.45, 7) is 2.81. The zero-order valence-corrected chi connectivity index (χ0v) is 21.5. The number of hydrogen-bond acceptors (Lipinski definition) is 5. The van der Waals surface area contributed by atoms with Crippen molar-refractivity contribution in [2.24, 2.45) is 0 Å². The second kappa shape index (κ2) is 10.6. The molecule has 14 heteroatoms. The number of alkyl halides is 3. The van der Waals surface area contributed by atoms with Crippen LogP contribution in [-0.2, 0) is 15.7 Å². The molecule has 2 aliphatic heterocycles. The molecular formula is C24H25ClF5N5O3. The smallest absolute Gasteiger partial charge is 0.374 e. The van der Waals surface area contributed by atoms with Crippen LogP contribution in [0.15, 0.2) is 24.3 Å². The molecule has 1 unspecified atom stereocenters. The number of amides is 3. The molecule has 8 nitrogen and oxygen atoms in total. The lowest BCUT2D eigenvalue weighted by molar-refractivity contribution is -0.137. The van der Waals surface area contributed by atoms with Crippen molar-refractivity contribution in [1.29, 1.82) is 0 Å². The number of carbonyl (C=O) groups excluding carboxylic acids is 2. The molecule has 4 rings (SSSR count). The van der Waals surface area contributed by atoms with Crippen molar-refractivity contribution in [3.8, 4) is 0 Å². The normalized spacial score (nSPS) is 20.8. The molecule has 2 aliphatic rings. The summed E-state index contributed by atoms with van der Waals surface area (Å²) in [5.74, 6) is -3.43. The van der Waals surface area contributed by atoms with E-state index in [0.717, 1.165) is 28.0 Å². The maximum atomic E-state index is 14.7. The third-order valence-electron chi connectivity index (χ3n) is 6.45. The Morgan fingerprint density at radius 3 is 2.61 bits per heavy atom. The van der Waals surface area contributed by atoms with E-state index < -0.39 is 52.5 Å². The van der Waals surface area contributed by atoms with Crippen LogP contribution in [0.2, 0.25) is 5.02 Å². The van der Waals surface area contributed by atoms with Gasteiger partial charge in [-0.05, 0) is 38.2 Å². The summed E-state index contributed by atoms with van der Waals surface area (Å²) in [6, 6.07) is 1.28. The Morgan fingerprint density at radius 2 is 1.95 bits per heavy atom. The van der Waals surface area contributed by atoms with Crippen molar-refractivity contribution in [1.82, 2.24) is 14.8 Å². The van der Waals surface area contributed by atoms with Gasteiger partial charge >= 0.3 is 12.2 Å². The van der Waals surface area contributed by atoms with Crippen molar-refractivity contribution < 1.29 is 36.3 Å². The van der Waals surface area contributed by atoms with Gasteiger partial charge in [-0.1, -0.05) is 11.6 Å². The number of benzene rings is 1. The number of hydrogen-bond donors (Lipinski definition) is 0. The topological polar surface area (TPSA) is 69.2 Å². The van der Waals surface area contributed by atoms with E-state index in [2.05, 4.69) is 4.98 Å². The summed E-state index contributed by atoms with van der Waals surface area (Å²) < 4.78 is 74.8. The highest BCUT2D eigenvalue weighted by atomic mass is 35.5. The van der Waals surface area contributed by atoms with E-state index >= 15 is 0 Å². The van der Waals surface area contributed by atoms with Gasteiger partial charge in [0.15, 0.2) is 5.82 Å². The van der Waals surface area contributed by atoms with Gasteiger partial charge in [0, 0.05) is 32.4 Å². The number of ether oxygens (including phenoxy) is 1. The van der Waals surface area contributed by atoms with Gasteiger partial charge in [-0.15, -0.1) is 0 Å². The fraction of sp³-hybridized carbons (Fsp3) is 0.458. The van der Waals surface area contributed by atoms with Gasteiger partial charge in [0.2, 0.25) is 0 Å². The fourth-order valence-corrected chi connectivity index (χ4v) is 4.69. The molecule has 38 heavy (non-hydrogen) atoms. The molecule has 0 bridgehead atoms. The zero-order valence-electron chi connectivity index (χ0n) is 20.7. The first-order valence-corrected chi connectivity index (χ1v) is 12.0. The average molecular weight is 562 g/mol. The second-order valence-electron chi connectivity index (χ2n) is 9.27. The van der Waals surface area contributed by atoms with Crippen molar-refractivity contribution in [2.75, 3.05) is 56.7 Å². The van der Waals surface area contributed by atoms with Crippen molar-refractivity contribution >= 4 is 35.0 Å². The van der Waals surface area contributed by atoms with Crippen LogP contribution in [0.5, 0.6) is 0 Å². The van der Waals surface area contributed by atoms with Gasteiger partial charge < -0.3 is 19.4 Å². The second-order valence-corrected chi connectivity index (χ2v) is 9.65. The van der Waals surface area contributed by atoms with Crippen LogP contribution in [0.4, 0.5) is 38.3 Å². The molecule has 1 aromatic carbocycles. The van der Waals surface area contributed by atoms with E-state index in [-0.39, 0.29) is 30.3 Å². The summed E-state index contributed by atoms with van der Waals surface area (Å²) >= 11 is 5.66. The third-order valence-corrected chi connectivity index (χ3v) is 6.80. The van der Waals surface area contributed by atoms with Crippen LogP contribution in [-0.4, -0.2) is 85.7 Å². The SMILES string of the molecule is Cc1cc(C(F)(F)F)cc(N2C(=O)N(CC3CN(C)CCO3)C[C@H]2C(=O)N(C)c2ccc(F)c(Cl)c2F)n1. The van der Waals surface area contributed by atoms with Crippen LogP contribution >= 0.6 is 11.6 Å². The quantitative estimate of drug-likeness (QED) is 0.409. The molecule has 2 saturated heterocycles. The summed E-state index contributed by atoms with van der Waals surface area (Å²) in [5.41, 5.74) is -1.42. The van der Waals surface area contributed by atoms with Gasteiger partial charge in [0.05, 0.1) is 30.5 Å². The van der Waals surface area contributed by atoms with Crippen molar-refractivity contribution in [2.45, 2.75) is 25.2 Å². The molecule has 2 atom stereocenters. The largest absolute Gasteiger partial charge is 0.416 e. The molecule has 2 fully saturated rings. The van der Waals surface area contributed by atoms with E-state index in [9.17, 15) is 31.5 Å². The molecular weight excluding hydrogens is 537 g/mol. The van der Waals surface area contributed by atoms with Crippen LogP contribution in [0.3, 0.4) is 0 Å². The Hall–Kier alpha value is -3.03. The minimum Gasteiger partial charge on any atom is -0.374 e. The van der Waals surface area contributed by atoms with E-state index in [4.69, 9.17) is 16.3 Å². The number of carbonyl (C=O) groups is 2. The number of morpholine rings is 1. The summed E-state index contributed by atoms with van der Waals surface area (Å²) in [7, 11) is 3.08. The maximum Gasteiger partial charge on any atom is 0.416 e. The Labute approximate surface area is 220 Å². The van der Waals surface area contributed by atoms with Crippen molar-refractivity contribution in [3.63, 3.8) is 0 Å². The maximum absolute atomic E-state index is 14.7. The molecule has 0 saturated carbocycles. The minimum absolute atomic E-state index is 0.0192. The summed E-state index contributed by atoms with van der Waals surface area (Å²) in [4.78, 5) is 36.2. The number of nitrogens with zero attached hydrogens (tertiary/aromatic N) is 5. The molecule has 0 aliphatic carbocycles. The van der Waals surface area contributed by atoms with E-state index in [0.29, 0.717) is 25.8 Å². The first-order chi connectivity index (χ1) is 17.8. The monoisotopic (exact) mass is 561 g/mol. The first kappa shape index (κ1) is 28.0. The summed E-state index contributed by atoms with van der Waals surface area (Å²) in [6.07, 6.45) is -5.12. The highest BCUT2D eigenvalue weighted by Gasteiger charge is 2.46. The molecule has 206 valence electrons. The highest BCUT2D eigenvalue weighted by Crippen LogP contribution is 2.35. The van der Waals surface area contributed by atoms with Gasteiger partial charge in [0.25, 0.3) is 5.91 Å². The molecule has 0 spiro atoms. The average Bonchev–Trinajstić information content (AvgIpc) is 3.16. The molecule has 0 radical (unpaired) electrons. The zero-order chi connectivity index (χ0) is 27.9. The number of aryl methyl sites for hydroxylation is 1. The Bertz CT molecular complexity index is 1250. The number of likely N-dealkylation sites (N-methyl/N-ethyl adjacent to an activating group) is 2. The number of urea groups is 1. The highest BCUT2D eigenvalue weighted by molar-refractivity contribution is 6.31. The first-order valence-electron chi connectivity index (χ1n) is 11.6. The molecule has 0 N–H and O–H groups in total. The van der Waals surface area contributed by atoms with E-state index in [1.54, 1.807) is 0 Å². The lowest BCUT2D eigenvalue weighted by Crippen LogP contribution is -2.47. The molecule has 1 aromatic heterocycles. The Balaban J connectivity index is 1.72. The molecule has 3 heterocycles. The Kier molecular flexibility index (Phi) is 7.82. The number of pyridine rings is 1. The van der Waals surface area contributed by atoms with E-state index in [1.165, 1.54) is 18.9 Å². The Morgan fingerprint density at radius 1 is 1.24 bits per heavy atom. The predicted molar refractivity (Wildman–Crippen MR) is 129 cm³/mol. The predicted octanol–water partition coefficient (Wildman–Crippen LogP) is 3.94. The van der Waals surface area contributed by atoms with Crippen LogP contribution < -0.4 is 9.80 Å². The number of halogens is 6. The van der Waals surface area contributed by atoms with Gasteiger partial charge in [0.1, 0.15) is 22.7 Å². The van der Waals surface area contributed by atoms with Crippen LogP contribution in [0.1, 0.15) is 11.3 Å². The van der Waals surface area contributed by atoms with Gasteiger partial charge in [-0.25, -0.2) is 18.6 Å². The number of rotatable bonds is 5. The van der Waals surface area contributed by atoms with Crippen LogP contribution in [0.25, 0.3) is 0 Å². The number of anilines is 2.